The van der Waals surface area contributed by atoms with Crippen LogP contribution >= 0.6 is 23.1 Å². The van der Waals surface area contributed by atoms with Crippen molar-refractivity contribution in [1.82, 2.24) is 4.98 Å². The third kappa shape index (κ3) is 6.50. The van der Waals surface area contributed by atoms with Crippen molar-refractivity contribution in [3.05, 3.63) is 83.4 Å². The predicted molar refractivity (Wildman–Crippen MR) is 148 cm³/mol. The van der Waals surface area contributed by atoms with Crippen molar-refractivity contribution in [3.8, 4) is 0 Å². The SMILES string of the molecule is CCc1ccc(NC(=O)CSc2nc3ccc(NC(=O)c4ccc(C(C)(C)C)cc4)cc3s2)cc1. The van der Waals surface area contributed by atoms with E-state index in [0.717, 1.165) is 32.4 Å². The molecule has 0 unspecified atom stereocenters. The Balaban J connectivity index is 1.36. The number of carbonyl (C=O) groups excluding carboxylic acids is 2. The van der Waals surface area contributed by atoms with Crippen LogP contribution in [0.4, 0.5) is 11.4 Å². The number of anilines is 2. The van der Waals surface area contributed by atoms with E-state index in [2.05, 4.69) is 43.3 Å². The van der Waals surface area contributed by atoms with Gasteiger partial charge in [0.2, 0.25) is 5.91 Å². The number of aryl methyl sites for hydroxylation is 1. The molecule has 1 aromatic heterocycles. The van der Waals surface area contributed by atoms with Gasteiger partial charge in [-0.05, 0) is 65.4 Å². The van der Waals surface area contributed by atoms with E-state index in [9.17, 15) is 9.59 Å². The molecule has 1 heterocycles. The zero-order valence-corrected chi connectivity index (χ0v) is 22.0. The summed E-state index contributed by atoms with van der Waals surface area (Å²) >= 11 is 2.92. The first-order valence-corrected chi connectivity index (χ1v) is 13.4. The number of nitrogens with zero attached hydrogens (tertiary/aromatic N) is 1. The maximum Gasteiger partial charge on any atom is 0.255 e. The van der Waals surface area contributed by atoms with Crippen LogP contribution in [0.3, 0.4) is 0 Å². The average molecular weight is 504 g/mol. The fourth-order valence-electron chi connectivity index (χ4n) is 3.52. The summed E-state index contributed by atoms with van der Waals surface area (Å²) in [6, 6.07) is 21.3. The number of rotatable bonds is 7. The predicted octanol–water partition coefficient (Wildman–Crippen LogP) is 7.14. The van der Waals surface area contributed by atoms with Crippen LogP contribution in [-0.2, 0) is 16.6 Å². The van der Waals surface area contributed by atoms with E-state index in [4.69, 9.17) is 0 Å². The fraction of sp³-hybridized carbons (Fsp3) is 0.250. The molecule has 2 N–H and O–H groups in total. The summed E-state index contributed by atoms with van der Waals surface area (Å²) in [5.74, 6) is 0.0697. The van der Waals surface area contributed by atoms with Crippen LogP contribution in [0.2, 0.25) is 0 Å². The molecule has 0 atom stereocenters. The van der Waals surface area contributed by atoms with Gasteiger partial charge < -0.3 is 10.6 Å². The van der Waals surface area contributed by atoms with Gasteiger partial charge in [0.05, 0.1) is 16.0 Å². The summed E-state index contributed by atoms with van der Waals surface area (Å²) in [6.45, 7) is 8.55. The van der Waals surface area contributed by atoms with Crippen LogP contribution in [0.25, 0.3) is 10.2 Å². The summed E-state index contributed by atoms with van der Waals surface area (Å²) in [4.78, 5) is 29.7. The molecule has 35 heavy (non-hydrogen) atoms. The Kier molecular flexibility index (Phi) is 7.57. The highest BCUT2D eigenvalue weighted by atomic mass is 32.2. The van der Waals surface area contributed by atoms with Gasteiger partial charge in [0.25, 0.3) is 5.91 Å². The third-order valence-corrected chi connectivity index (χ3v) is 7.77. The van der Waals surface area contributed by atoms with E-state index in [0.29, 0.717) is 5.56 Å². The number of hydrogen-bond acceptors (Lipinski definition) is 5. The third-order valence-electron chi connectivity index (χ3n) is 5.61. The Labute approximate surface area is 214 Å². The second kappa shape index (κ2) is 10.6. The molecular weight excluding hydrogens is 474 g/mol. The number of nitrogens with one attached hydrogen (secondary N) is 2. The van der Waals surface area contributed by atoms with Crippen LogP contribution in [0, 0.1) is 0 Å². The van der Waals surface area contributed by atoms with Crippen molar-refractivity contribution in [3.63, 3.8) is 0 Å². The van der Waals surface area contributed by atoms with Gasteiger partial charge in [-0.1, -0.05) is 63.7 Å². The minimum absolute atomic E-state index is 0.0445. The fourth-order valence-corrected chi connectivity index (χ4v) is 5.42. The van der Waals surface area contributed by atoms with Gasteiger partial charge in [-0.2, -0.15) is 0 Å². The number of aromatic nitrogens is 1. The molecular formula is C28H29N3O2S2. The zero-order chi connectivity index (χ0) is 25.0. The lowest BCUT2D eigenvalue weighted by atomic mass is 9.87. The smallest absolute Gasteiger partial charge is 0.255 e. The van der Waals surface area contributed by atoms with E-state index in [1.54, 1.807) is 0 Å². The van der Waals surface area contributed by atoms with Crippen LogP contribution < -0.4 is 10.6 Å². The summed E-state index contributed by atoms with van der Waals surface area (Å²) in [5, 5.41) is 5.90. The van der Waals surface area contributed by atoms with Gasteiger partial charge in [-0.3, -0.25) is 9.59 Å². The first-order chi connectivity index (χ1) is 16.7. The highest BCUT2D eigenvalue weighted by Crippen LogP contribution is 2.31. The molecule has 4 rings (SSSR count). The summed E-state index contributed by atoms with van der Waals surface area (Å²) in [7, 11) is 0. The van der Waals surface area contributed by atoms with Gasteiger partial charge in [-0.25, -0.2) is 4.98 Å². The number of carbonyl (C=O) groups is 2. The Bertz CT molecular complexity index is 1340. The Morgan fingerprint density at radius 1 is 0.914 bits per heavy atom. The van der Waals surface area contributed by atoms with Crippen LogP contribution in [0.1, 0.15) is 49.2 Å². The first kappa shape index (κ1) is 24.9. The lowest BCUT2D eigenvalue weighted by Gasteiger charge is -2.19. The first-order valence-electron chi connectivity index (χ1n) is 11.6. The van der Waals surface area contributed by atoms with E-state index < -0.39 is 0 Å². The zero-order valence-electron chi connectivity index (χ0n) is 20.3. The number of benzene rings is 3. The molecule has 5 nitrogen and oxygen atoms in total. The van der Waals surface area contributed by atoms with E-state index in [1.165, 1.54) is 34.2 Å². The van der Waals surface area contributed by atoms with Gasteiger partial charge in [-0.15, -0.1) is 11.3 Å². The molecule has 0 aliphatic carbocycles. The summed E-state index contributed by atoms with van der Waals surface area (Å²) < 4.78 is 1.78. The van der Waals surface area contributed by atoms with E-state index in [-0.39, 0.29) is 23.0 Å². The molecule has 0 bridgehead atoms. The monoisotopic (exact) mass is 503 g/mol. The number of thiazole rings is 1. The van der Waals surface area contributed by atoms with Crippen molar-refractivity contribution in [2.75, 3.05) is 16.4 Å². The topological polar surface area (TPSA) is 71.1 Å². The number of thioether (sulfide) groups is 1. The summed E-state index contributed by atoms with van der Waals surface area (Å²) in [6.07, 6.45) is 0.970. The van der Waals surface area contributed by atoms with Crippen molar-refractivity contribution in [1.29, 1.82) is 0 Å². The highest BCUT2D eigenvalue weighted by molar-refractivity contribution is 8.01. The second-order valence-electron chi connectivity index (χ2n) is 9.33. The van der Waals surface area contributed by atoms with Crippen LogP contribution in [-0.4, -0.2) is 22.6 Å². The highest BCUT2D eigenvalue weighted by Gasteiger charge is 2.15. The lowest BCUT2D eigenvalue weighted by molar-refractivity contribution is -0.113. The normalized spacial score (nSPS) is 11.4. The molecule has 0 saturated carbocycles. The molecule has 0 aliphatic heterocycles. The molecule has 3 aromatic carbocycles. The molecule has 0 aliphatic rings. The molecule has 0 fully saturated rings. The van der Waals surface area contributed by atoms with E-state index in [1.807, 2.05) is 66.7 Å². The standard InChI is InChI=1S/C28H29N3O2S2/c1-5-18-6-12-21(13-7-18)29-25(32)17-34-27-31-23-15-14-22(16-24(23)35-27)30-26(33)19-8-10-20(11-9-19)28(2,3)4/h6-16H,5,17H2,1-4H3,(H,29,32)(H,30,33). The lowest BCUT2D eigenvalue weighted by Crippen LogP contribution is -2.14. The van der Waals surface area contributed by atoms with Gasteiger partial charge in [0.1, 0.15) is 0 Å². The van der Waals surface area contributed by atoms with Crippen LogP contribution in [0.15, 0.2) is 71.1 Å². The van der Waals surface area contributed by atoms with Gasteiger partial charge in [0, 0.05) is 16.9 Å². The largest absolute Gasteiger partial charge is 0.325 e. The van der Waals surface area contributed by atoms with Crippen molar-refractivity contribution in [2.45, 2.75) is 43.9 Å². The average Bonchev–Trinajstić information content (AvgIpc) is 3.25. The van der Waals surface area contributed by atoms with E-state index >= 15 is 0 Å². The van der Waals surface area contributed by atoms with Crippen LogP contribution in [0.5, 0.6) is 0 Å². The van der Waals surface area contributed by atoms with Crippen molar-refractivity contribution >= 4 is 56.5 Å². The minimum Gasteiger partial charge on any atom is -0.325 e. The van der Waals surface area contributed by atoms with Gasteiger partial charge in [0.15, 0.2) is 4.34 Å². The Morgan fingerprint density at radius 2 is 1.60 bits per heavy atom. The molecule has 0 radical (unpaired) electrons. The maximum atomic E-state index is 12.7. The van der Waals surface area contributed by atoms with Gasteiger partial charge >= 0.3 is 0 Å². The summed E-state index contributed by atoms with van der Waals surface area (Å²) in [5.41, 5.74) is 5.45. The Morgan fingerprint density at radius 3 is 2.26 bits per heavy atom. The molecule has 0 saturated heterocycles. The molecule has 180 valence electrons. The second-order valence-corrected chi connectivity index (χ2v) is 11.6. The molecule has 2 amide bonds. The number of amides is 2. The number of hydrogen-bond donors (Lipinski definition) is 2. The number of fused-ring (bicyclic) bond motifs is 1. The quantitative estimate of drug-likeness (QED) is 0.263. The molecule has 7 heteroatoms. The molecule has 0 spiro atoms. The maximum absolute atomic E-state index is 12.7. The Hall–Kier alpha value is -3.16. The molecule has 4 aromatic rings. The minimum atomic E-state index is -0.146. The van der Waals surface area contributed by atoms with Crippen molar-refractivity contribution < 1.29 is 9.59 Å². The van der Waals surface area contributed by atoms with Crippen molar-refractivity contribution in [2.24, 2.45) is 0 Å².